The van der Waals surface area contributed by atoms with Crippen molar-refractivity contribution < 1.29 is 34.2 Å². The van der Waals surface area contributed by atoms with Crippen molar-refractivity contribution in [1.82, 2.24) is 16.0 Å². The highest BCUT2D eigenvalue weighted by Crippen LogP contribution is 2.07. The van der Waals surface area contributed by atoms with Gasteiger partial charge in [-0.05, 0) is 38.1 Å². The second kappa shape index (κ2) is 15.9. The standard InChI is InChI=1S/C20H38N6O7/c1-11(2)9-14(18(30)24-13(20(32)33)6-7-16(23)28)25-19(31)15(10-27)26-17(29)12(22)5-3-4-8-21/h11-15,27H,3-10,21-22H2,1-2H3,(H2,23,28)(H,24,30)(H,25,31)(H,26,29)(H,32,33). The zero-order valence-corrected chi connectivity index (χ0v) is 19.2. The molecule has 0 aromatic carbocycles. The molecule has 0 heterocycles. The van der Waals surface area contributed by atoms with Gasteiger partial charge < -0.3 is 43.4 Å². The molecule has 0 aliphatic heterocycles. The molecule has 0 spiro atoms. The number of carbonyl (C=O) groups excluding carboxylic acids is 4. The third kappa shape index (κ3) is 12.7. The van der Waals surface area contributed by atoms with Gasteiger partial charge in [0.25, 0.3) is 0 Å². The molecule has 190 valence electrons. The number of nitrogens with two attached hydrogens (primary N) is 3. The summed E-state index contributed by atoms with van der Waals surface area (Å²) in [5.41, 5.74) is 16.2. The third-order valence-electron chi connectivity index (χ3n) is 4.76. The van der Waals surface area contributed by atoms with Gasteiger partial charge in [-0.3, -0.25) is 19.2 Å². The van der Waals surface area contributed by atoms with Crippen molar-refractivity contribution in [2.24, 2.45) is 23.1 Å². The minimum Gasteiger partial charge on any atom is -0.480 e. The SMILES string of the molecule is CC(C)CC(NC(=O)C(CO)NC(=O)C(N)CCCCN)C(=O)NC(CCC(N)=O)C(=O)O. The first kappa shape index (κ1) is 30.2. The summed E-state index contributed by atoms with van der Waals surface area (Å²) in [6.07, 6.45) is 1.36. The lowest BCUT2D eigenvalue weighted by molar-refractivity contribution is -0.142. The summed E-state index contributed by atoms with van der Waals surface area (Å²) in [7, 11) is 0. The minimum atomic E-state index is -1.38. The van der Waals surface area contributed by atoms with Gasteiger partial charge in [0.05, 0.1) is 12.6 Å². The molecule has 4 unspecified atom stereocenters. The summed E-state index contributed by atoms with van der Waals surface area (Å²) < 4.78 is 0. The van der Waals surface area contributed by atoms with Gasteiger partial charge in [0.2, 0.25) is 23.6 Å². The van der Waals surface area contributed by atoms with E-state index in [0.29, 0.717) is 25.8 Å². The maximum atomic E-state index is 12.7. The Kier molecular flexibility index (Phi) is 14.6. The van der Waals surface area contributed by atoms with Crippen molar-refractivity contribution in [2.75, 3.05) is 13.2 Å². The van der Waals surface area contributed by atoms with Gasteiger partial charge in [-0.25, -0.2) is 4.79 Å². The highest BCUT2D eigenvalue weighted by Gasteiger charge is 2.30. The third-order valence-corrected chi connectivity index (χ3v) is 4.76. The lowest BCUT2D eigenvalue weighted by Gasteiger charge is -2.25. The van der Waals surface area contributed by atoms with Gasteiger partial charge in [0, 0.05) is 6.42 Å². The van der Waals surface area contributed by atoms with Gasteiger partial charge in [-0.2, -0.15) is 0 Å². The molecule has 13 heteroatoms. The Morgan fingerprint density at radius 2 is 1.39 bits per heavy atom. The van der Waals surface area contributed by atoms with E-state index in [0.717, 1.165) is 0 Å². The maximum Gasteiger partial charge on any atom is 0.326 e. The fourth-order valence-corrected chi connectivity index (χ4v) is 2.90. The van der Waals surface area contributed by atoms with Crippen LogP contribution in [0.5, 0.6) is 0 Å². The second-order valence-corrected chi connectivity index (χ2v) is 8.23. The molecule has 0 aromatic rings. The maximum absolute atomic E-state index is 12.7. The van der Waals surface area contributed by atoms with E-state index in [-0.39, 0.29) is 25.2 Å². The van der Waals surface area contributed by atoms with Crippen LogP contribution in [0.15, 0.2) is 0 Å². The van der Waals surface area contributed by atoms with Gasteiger partial charge in [-0.1, -0.05) is 20.3 Å². The molecule has 11 N–H and O–H groups in total. The molecular weight excluding hydrogens is 436 g/mol. The van der Waals surface area contributed by atoms with Crippen molar-refractivity contribution in [1.29, 1.82) is 0 Å². The summed E-state index contributed by atoms with van der Waals surface area (Å²) in [5, 5.41) is 25.9. The second-order valence-electron chi connectivity index (χ2n) is 8.23. The Bertz CT molecular complexity index is 673. The van der Waals surface area contributed by atoms with Gasteiger partial charge in [0.1, 0.15) is 18.1 Å². The zero-order valence-electron chi connectivity index (χ0n) is 19.2. The predicted octanol–water partition coefficient (Wildman–Crippen LogP) is -2.71. The summed E-state index contributed by atoms with van der Waals surface area (Å²) in [6.45, 7) is 3.31. The summed E-state index contributed by atoms with van der Waals surface area (Å²) in [5.74, 6) is -4.38. The smallest absolute Gasteiger partial charge is 0.326 e. The molecule has 0 saturated carbocycles. The average Bonchev–Trinajstić information content (AvgIpc) is 2.73. The van der Waals surface area contributed by atoms with E-state index < -0.39 is 60.4 Å². The lowest BCUT2D eigenvalue weighted by Crippen LogP contribution is -2.58. The van der Waals surface area contributed by atoms with Crippen LogP contribution in [0.25, 0.3) is 0 Å². The highest BCUT2D eigenvalue weighted by atomic mass is 16.4. The van der Waals surface area contributed by atoms with Crippen LogP contribution in [0.3, 0.4) is 0 Å². The number of aliphatic hydroxyl groups is 1. The molecule has 0 saturated heterocycles. The number of aliphatic hydroxyl groups excluding tert-OH is 1. The largest absolute Gasteiger partial charge is 0.480 e. The fourth-order valence-electron chi connectivity index (χ4n) is 2.90. The topological polar surface area (TPSA) is 240 Å². The molecule has 0 radical (unpaired) electrons. The van der Waals surface area contributed by atoms with E-state index in [4.69, 9.17) is 17.2 Å². The van der Waals surface area contributed by atoms with Crippen LogP contribution in [0.4, 0.5) is 0 Å². The molecule has 0 aliphatic carbocycles. The van der Waals surface area contributed by atoms with Crippen LogP contribution in [-0.2, 0) is 24.0 Å². The Balaban J connectivity index is 5.19. The number of primary amides is 1. The van der Waals surface area contributed by atoms with Crippen LogP contribution in [0, 0.1) is 5.92 Å². The van der Waals surface area contributed by atoms with Crippen molar-refractivity contribution in [2.45, 2.75) is 76.5 Å². The van der Waals surface area contributed by atoms with E-state index >= 15 is 0 Å². The lowest BCUT2D eigenvalue weighted by atomic mass is 10.0. The summed E-state index contributed by atoms with van der Waals surface area (Å²) >= 11 is 0. The molecule has 0 aliphatic rings. The highest BCUT2D eigenvalue weighted by molar-refractivity contribution is 5.94. The number of amides is 4. The van der Waals surface area contributed by atoms with Crippen LogP contribution < -0.4 is 33.2 Å². The van der Waals surface area contributed by atoms with Gasteiger partial charge in [-0.15, -0.1) is 0 Å². The molecule has 33 heavy (non-hydrogen) atoms. The fraction of sp³-hybridized carbons (Fsp3) is 0.750. The molecule has 13 nitrogen and oxygen atoms in total. The minimum absolute atomic E-state index is 0.0620. The summed E-state index contributed by atoms with van der Waals surface area (Å²) in [6, 6.07) is -4.77. The van der Waals surface area contributed by atoms with Crippen molar-refractivity contribution in [3.63, 3.8) is 0 Å². The Morgan fingerprint density at radius 1 is 0.848 bits per heavy atom. The molecular formula is C20H38N6O7. The molecule has 0 rings (SSSR count). The molecule has 4 atom stereocenters. The van der Waals surface area contributed by atoms with Crippen LogP contribution in [-0.4, -0.2) is 77.1 Å². The van der Waals surface area contributed by atoms with E-state index in [1.165, 1.54) is 0 Å². The van der Waals surface area contributed by atoms with E-state index in [1.54, 1.807) is 13.8 Å². The van der Waals surface area contributed by atoms with Gasteiger partial charge in [0.15, 0.2) is 0 Å². The number of hydrogen-bond acceptors (Lipinski definition) is 8. The van der Waals surface area contributed by atoms with Crippen LogP contribution in [0.2, 0.25) is 0 Å². The van der Waals surface area contributed by atoms with Crippen LogP contribution in [0.1, 0.15) is 52.4 Å². The normalized spacial score (nSPS) is 14.6. The monoisotopic (exact) mass is 474 g/mol. The van der Waals surface area contributed by atoms with E-state index in [2.05, 4.69) is 16.0 Å². The van der Waals surface area contributed by atoms with Crippen LogP contribution >= 0.6 is 0 Å². The number of hydrogen-bond donors (Lipinski definition) is 8. The van der Waals surface area contributed by atoms with E-state index in [1.807, 2.05) is 0 Å². The average molecular weight is 475 g/mol. The molecule has 4 amide bonds. The van der Waals surface area contributed by atoms with Crippen molar-refractivity contribution >= 4 is 29.6 Å². The van der Waals surface area contributed by atoms with Crippen molar-refractivity contribution in [3.8, 4) is 0 Å². The number of unbranched alkanes of at least 4 members (excludes halogenated alkanes) is 1. The van der Waals surface area contributed by atoms with E-state index in [9.17, 15) is 34.2 Å². The quantitative estimate of drug-likeness (QED) is 0.102. The Hall–Kier alpha value is -2.77. The number of carboxylic acids is 1. The molecule has 0 bridgehead atoms. The number of nitrogens with one attached hydrogen (secondary N) is 3. The predicted molar refractivity (Wildman–Crippen MR) is 119 cm³/mol. The number of rotatable bonds is 17. The number of carbonyl (C=O) groups is 5. The van der Waals surface area contributed by atoms with Gasteiger partial charge >= 0.3 is 5.97 Å². The Morgan fingerprint density at radius 3 is 1.88 bits per heavy atom. The number of aliphatic carboxylic acids is 1. The Labute approximate surface area is 193 Å². The zero-order chi connectivity index (χ0) is 25.6. The summed E-state index contributed by atoms with van der Waals surface area (Å²) in [4.78, 5) is 59.9. The first-order valence-corrected chi connectivity index (χ1v) is 10.9. The first-order chi connectivity index (χ1) is 15.4. The molecule has 0 fully saturated rings. The first-order valence-electron chi connectivity index (χ1n) is 10.9. The number of carboxylic acid groups (broad SMARTS) is 1. The van der Waals surface area contributed by atoms with Crippen molar-refractivity contribution in [3.05, 3.63) is 0 Å². The molecule has 0 aromatic heterocycles.